The van der Waals surface area contributed by atoms with Crippen LogP contribution in [0, 0.1) is 0 Å². The van der Waals surface area contributed by atoms with Crippen molar-refractivity contribution in [3.63, 3.8) is 0 Å². The average Bonchev–Trinajstić information content (AvgIpc) is 2.87. The highest BCUT2D eigenvalue weighted by Gasteiger charge is 2.28. The van der Waals surface area contributed by atoms with Gasteiger partial charge in [0.2, 0.25) is 0 Å². The Balaban J connectivity index is 2.12. The summed E-state index contributed by atoms with van der Waals surface area (Å²) in [6.07, 6.45) is 2.25. The van der Waals surface area contributed by atoms with Gasteiger partial charge in [0, 0.05) is 12.4 Å². The fraction of sp³-hybridized carbons (Fsp3) is 0.385. The molecule has 0 N–H and O–H groups in total. The Morgan fingerprint density at radius 1 is 1.41 bits per heavy atom. The number of carbonyl (C=O) groups excluding carboxylic acids is 1. The maximum atomic E-state index is 10.6. The fourth-order valence-electron chi connectivity index (χ4n) is 2.71. The molecule has 0 bridgehead atoms. The lowest BCUT2D eigenvalue weighted by Gasteiger charge is -2.01. The predicted molar refractivity (Wildman–Crippen MR) is 60.1 cm³/mol. The second kappa shape index (κ2) is 3.87. The third-order valence-corrected chi connectivity index (χ3v) is 3.41. The van der Waals surface area contributed by atoms with Crippen LogP contribution in [0.5, 0.6) is 0 Å². The van der Waals surface area contributed by atoms with Crippen molar-refractivity contribution < 1.29 is 14.5 Å². The number of benzene rings is 1. The molecule has 88 valence electrons. The van der Waals surface area contributed by atoms with Crippen LogP contribution in [-0.4, -0.2) is 10.5 Å². The maximum absolute atomic E-state index is 10.6. The van der Waals surface area contributed by atoms with Gasteiger partial charge in [-0.05, 0) is 18.6 Å². The molecule has 1 aromatic heterocycles. The largest absolute Gasteiger partial charge is 0.550 e. The summed E-state index contributed by atoms with van der Waals surface area (Å²) >= 11 is 0. The summed E-state index contributed by atoms with van der Waals surface area (Å²) in [5.41, 5.74) is 2.33. The Labute approximate surface area is 99.1 Å². The first-order valence-electron chi connectivity index (χ1n) is 5.97. The number of carboxylic acids is 1. The smallest absolute Gasteiger partial charge is 0.257 e. The van der Waals surface area contributed by atoms with Crippen LogP contribution in [0.15, 0.2) is 24.3 Å². The molecule has 1 aliphatic rings. The van der Waals surface area contributed by atoms with Crippen molar-refractivity contribution in [2.75, 3.05) is 0 Å². The number of fused-ring (bicyclic) bond motifs is 3. The highest BCUT2D eigenvalue weighted by molar-refractivity contribution is 5.72. The van der Waals surface area contributed by atoms with Gasteiger partial charge in [0.05, 0.1) is 19.5 Å². The Hall–Kier alpha value is -1.84. The topological polar surface area (TPSA) is 48.9 Å². The molecule has 0 spiro atoms. The molecular weight excluding hydrogens is 216 g/mol. The van der Waals surface area contributed by atoms with Crippen LogP contribution < -0.4 is 9.67 Å². The highest BCUT2D eigenvalue weighted by Crippen LogP contribution is 2.19. The first-order chi connectivity index (χ1) is 8.27. The van der Waals surface area contributed by atoms with Crippen molar-refractivity contribution in [2.45, 2.75) is 32.4 Å². The molecular formula is C13H14N2O2. The quantitative estimate of drug-likeness (QED) is 0.698. The third-order valence-electron chi connectivity index (χ3n) is 3.41. The van der Waals surface area contributed by atoms with E-state index >= 15 is 0 Å². The summed E-state index contributed by atoms with van der Waals surface area (Å²) in [5, 5.41) is 10.6. The van der Waals surface area contributed by atoms with Gasteiger partial charge >= 0.3 is 0 Å². The Morgan fingerprint density at radius 2 is 2.24 bits per heavy atom. The molecule has 0 radical (unpaired) electrons. The molecule has 0 fully saturated rings. The summed E-state index contributed by atoms with van der Waals surface area (Å²) in [6.45, 7) is 1.54. The summed E-state index contributed by atoms with van der Waals surface area (Å²) < 4.78 is 4.42. The lowest BCUT2D eigenvalue weighted by molar-refractivity contribution is -0.665. The van der Waals surface area contributed by atoms with Gasteiger partial charge in [0.25, 0.3) is 5.82 Å². The minimum atomic E-state index is -0.987. The predicted octanol–water partition coefficient (Wildman–Crippen LogP) is 0.0150. The van der Waals surface area contributed by atoms with Crippen LogP contribution in [0.2, 0.25) is 0 Å². The number of carboxylic acid groups (broad SMARTS) is 1. The van der Waals surface area contributed by atoms with Crippen molar-refractivity contribution in [1.82, 2.24) is 4.57 Å². The van der Waals surface area contributed by atoms with Gasteiger partial charge in [-0.15, -0.1) is 0 Å². The van der Waals surface area contributed by atoms with Gasteiger partial charge in [0.15, 0.2) is 11.0 Å². The van der Waals surface area contributed by atoms with E-state index in [1.165, 1.54) is 11.3 Å². The molecule has 0 atom stereocenters. The molecule has 4 heteroatoms. The van der Waals surface area contributed by atoms with E-state index in [0.717, 1.165) is 24.9 Å². The molecule has 0 saturated heterocycles. The van der Waals surface area contributed by atoms with Crippen molar-refractivity contribution in [2.24, 2.45) is 0 Å². The first-order valence-corrected chi connectivity index (χ1v) is 5.97. The SMILES string of the molecule is O=C([O-])CCn1c2[n+](c3ccccc31)CCC2. The van der Waals surface area contributed by atoms with Crippen LogP contribution in [0.4, 0.5) is 0 Å². The van der Waals surface area contributed by atoms with Crippen molar-refractivity contribution in [1.29, 1.82) is 0 Å². The van der Waals surface area contributed by atoms with Crippen molar-refractivity contribution >= 4 is 17.0 Å². The standard InChI is InChI=1S/C13H14N2O2/c16-13(17)7-9-15-11-5-2-1-4-10(11)14-8-3-6-12(14)15/h1-2,4-5H,3,6-9H2. The van der Waals surface area contributed by atoms with Gasteiger partial charge < -0.3 is 9.90 Å². The van der Waals surface area contributed by atoms with Crippen LogP contribution in [0.3, 0.4) is 0 Å². The van der Waals surface area contributed by atoms with Gasteiger partial charge in [0.1, 0.15) is 0 Å². The van der Waals surface area contributed by atoms with E-state index in [2.05, 4.69) is 21.3 Å². The van der Waals surface area contributed by atoms with E-state index in [4.69, 9.17) is 0 Å². The normalized spacial score (nSPS) is 14.1. The summed E-state index contributed by atoms with van der Waals surface area (Å²) in [5.74, 6) is 0.256. The molecule has 1 aromatic carbocycles. The van der Waals surface area contributed by atoms with Gasteiger partial charge in [-0.25, -0.2) is 9.13 Å². The summed E-state index contributed by atoms with van der Waals surface area (Å²) in [7, 11) is 0. The summed E-state index contributed by atoms with van der Waals surface area (Å²) in [6, 6.07) is 8.17. The molecule has 17 heavy (non-hydrogen) atoms. The number of para-hydroxylation sites is 2. The number of aromatic nitrogens is 2. The second-order valence-corrected chi connectivity index (χ2v) is 4.43. The Kier molecular flexibility index (Phi) is 2.35. The minimum absolute atomic E-state index is 0.0751. The van der Waals surface area contributed by atoms with E-state index in [9.17, 15) is 9.90 Å². The van der Waals surface area contributed by atoms with Crippen molar-refractivity contribution in [3.8, 4) is 0 Å². The Morgan fingerprint density at radius 3 is 3.06 bits per heavy atom. The number of carbonyl (C=O) groups is 1. The molecule has 2 aromatic rings. The zero-order valence-corrected chi connectivity index (χ0v) is 9.56. The first kappa shape index (κ1) is 10.3. The van der Waals surface area contributed by atoms with Gasteiger partial charge in [-0.3, -0.25) is 0 Å². The number of nitrogens with zero attached hydrogens (tertiary/aromatic N) is 2. The molecule has 0 amide bonds. The maximum Gasteiger partial charge on any atom is 0.257 e. The zero-order chi connectivity index (χ0) is 11.8. The van der Waals surface area contributed by atoms with Crippen LogP contribution in [-0.2, 0) is 24.3 Å². The number of hydrogen-bond donors (Lipinski definition) is 0. The van der Waals surface area contributed by atoms with E-state index in [0.29, 0.717) is 6.54 Å². The monoisotopic (exact) mass is 230 g/mol. The molecule has 0 saturated carbocycles. The molecule has 0 unspecified atom stereocenters. The number of aryl methyl sites for hydroxylation is 2. The van der Waals surface area contributed by atoms with Crippen LogP contribution >= 0.6 is 0 Å². The molecule has 4 nitrogen and oxygen atoms in total. The minimum Gasteiger partial charge on any atom is -0.550 e. The lowest BCUT2D eigenvalue weighted by atomic mass is 10.3. The number of rotatable bonds is 3. The van der Waals surface area contributed by atoms with Gasteiger partial charge in [-0.2, -0.15) is 0 Å². The second-order valence-electron chi connectivity index (χ2n) is 4.43. The molecule has 1 aliphatic heterocycles. The summed E-state index contributed by atoms with van der Waals surface area (Å²) in [4.78, 5) is 10.6. The Bertz CT molecular complexity index is 586. The third kappa shape index (κ3) is 1.60. The zero-order valence-electron chi connectivity index (χ0n) is 9.56. The fourth-order valence-corrected chi connectivity index (χ4v) is 2.71. The van der Waals surface area contributed by atoms with E-state index in [1.54, 1.807) is 0 Å². The van der Waals surface area contributed by atoms with E-state index in [1.807, 2.05) is 12.1 Å². The van der Waals surface area contributed by atoms with Crippen LogP contribution in [0.1, 0.15) is 18.7 Å². The number of aliphatic carboxylic acids is 1. The van der Waals surface area contributed by atoms with Gasteiger partial charge in [-0.1, -0.05) is 12.1 Å². The number of imidazole rings is 1. The number of hydrogen-bond acceptors (Lipinski definition) is 2. The molecule has 0 aliphatic carbocycles. The van der Waals surface area contributed by atoms with E-state index < -0.39 is 5.97 Å². The average molecular weight is 230 g/mol. The lowest BCUT2D eigenvalue weighted by Crippen LogP contribution is -2.32. The molecule has 3 rings (SSSR count). The van der Waals surface area contributed by atoms with Crippen LogP contribution in [0.25, 0.3) is 11.0 Å². The highest BCUT2D eigenvalue weighted by atomic mass is 16.4. The molecule has 2 heterocycles. The van der Waals surface area contributed by atoms with E-state index in [-0.39, 0.29) is 6.42 Å². The van der Waals surface area contributed by atoms with Crippen molar-refractivity contribution in [3.05, 3.63) is 30.1 Å².